The first-order valence-corrected chi connectivity index (χ1v) is 27.4. The zero-order valence-corrected chi connectivity index (χ0v) is 42.7. The fraction of sp³-hybridized carbons (Fsp3) is 0.746. The molecule has 0 aromatic rings. The molecule has 0 aliphatic carbocycles. The quantitative estimate of drug-likeness (QED) is 0.0262. The van der Waals surface area contributed by atoms with E-state index >= 15 is 0 Å². The van der Waals surface area contributed by atoms with Crippen LogP contribution in [-0.2, 0) is 28.6 Å². The highest BCUT2D eigenvalue weighted by Crippen LogP contribution is 2.15. The van der Waals surface area contributed by atoms with E-state index in [4.69, 9.17) is 14.2 Å². The number of unbranched alkanes of at least 4 members (excludes halogenated alkanes) is 26. The summed E-state index contributed by atoms with van der Waals surface area (Å²) in [5.74, 6) is -0.929. The summed E-state index contributed by atoms with van der Waals surface area (Å²) < 4.78 is 16.8. The molecule has 6 nitrogen and oxygen atoms in total. The summed E-state index contributed by atoms with van der Waals surface area (Å²) in [6.07, 6.45) is 67.3. The number of carbonyl (C=O) groups is 3. The van der Waals surface area contributed by atoms with Crippen LogP contribution in [0.25, 0.3) is 0 Å². The minimum atomic E-state index is -0.795. The molecule has 0 saturated heterocycles. The van der Waals surface area contributed by atoms with Crippen molar-refractivity contribution < 1.29 is 28.6 Å². The number of carbonyl (C=O) groups excluding carboxylic acids is 3. The fourth-order valence-electron chi connectivity index (χ4n) is 7.51. The number of rotatable bonds is 49. The minimum absolute atomic E-state index is 0.0902. The van der Waals surface area contributed by atoms with Crippen LogP contribution in [0.1, 0.15) is 265 Å². The van der Waals surface area contributed by atoms with E-state index in [1.165, 1.54) is 116 Å². The Kier molecular flexibility index (Phi) is 50.9. The molecule has 0 saturated carbocycles. The zero-order valence-electron chi connectivity index (χ0n) is 42.7. The number of hydrogen-bond acceptors (Lipinski definition) is 6. The van der Waals surface area contributed by atoms with Crippen LogP contribution >= 0.6 is 0 Å². The van der Waals surface area contributed by atoms with E-state index in [0.29, 0.717) is 19.3 Å². The maximum absolute atomic E-state index is 12.8. The molecule has 0 bridgehead atoms. The molecule has 0 rings (SSSR count). The van der Waals surface area contributed by atoms with E-state index in [0.717, 1.165) is 109 Å². The third kappa shape index (κ3) is 51.7. The van der Waals surface area contributed by atoms with Crippen molar-refractivity contribution in [3.63, 3.8) is 0 Å². The van der Waals surface area contributed by atoms with Gasteiger partial charge in [-0.3, -0.25) is 14.4 Å². The molecule has 1 atom stereocenters. The van der Waals surface area contributed by atoms with E-state index in [9.17, 15) is 14.4 Å². The van der Waals surface area contributed by atoms with Gasteiger partial charge in [0.25, 0.3) is 0 Å². The Labute approximate surface area is 402 Å². The Morgan fingerprint density at radius 2 is 0.554 bits per heavy atom. The van der Waals surface area contributed by atoms with Crippen LogP contribution in [0.15, 0.2) is 72.9 Å². The maximum atomic E-state index is 12.8. The van der Waals surface area contributed by atoms with E-state index in [1.54, 1.807) is 0 Å². The smallest absolute Gasteiger partial charge is 0.306 e. The lowest BCUT2D eigenvalue weighted by Crippen LogP contribution is -2.30. The SMILES string of the molecule is CCCCC/C=C\C/C=C\C/C=C\CCCCCCC(=O)OC[C@H](COC(=O)CCCCCCCCCCCCCCC)OC(=O)CCCCCC/C=C\C/C=C\C/C=C\CCCCC. The number of esters is 3. The van der Waals surface area contributed by atoms with Gasteiger partial charge < -0.3 is 14.2 Å². The second-order valence-electron chi connectivity index (χ2n) is 18.1. The lowest BCUT2D eigenvalue weighted by Gasteiger charge is -2.18. The molecule has 0 N–H and O–H groups in total. The Morgan fingerprint density at radius 1 is 0.308 bits per heavy atom. The maximum Gasteiger partial charge on any atom is 0.306 e. The van der Waals surface area contributed by atoms with Crippen LogP contribution < -0.4 is 0 Å². The summed E-state index contributed by atoms with van der Waals surface area (Å²) in [6, 6.07) is 0. The van der Waals surface area contributed by atoms with Gasteiger partial charge in [-0.1, -0.05) is 222 Å². The molecule has 0 aliphatic heterocycles. The molecule has 0 radical (unpaired) electrons. The van der Waals surface area contributed by atoms with Gasteiger partial charge in [-0.25, -0.2) is 0 Å². The van der Waals surface area contributed by atoms with Gasteiger partial charge in [0.15, 0.2) is 6.10 Å². The molecule has 0 aromatic carbocycles. The largest absolute Gasteiger partial charge is 0.462 e. The van der Waals surface area contributed by atoms with Crippen molar-refractivity contribution in [3.8, 4) is 0 Å². The Balaban J connectivity index is 4.46. The first-order valence-electron chi connectivity index (χ1n) is 27.4. The second-order valence-corrected chi connectivity index (χ2v) is 18.1. The van der Waals surface area contributed by atoms with Gasteiger partial charge >= 0.3 is 17.9 Å². The van der Waals surface area contributed by atoms with Crippen LogP contribution in [0, 0.1) is 0 Å². The fourth-order valence-corrected chi connectivity index (χ4v) is 7.51. The van der Waals surface area contributed by atoms with Crippen LogP contribution in [-0.4, -0.2) is 37.2 Å². The van der Waals surface area contributed by atoms with Crippen molar-refractivity contribution in [1.29, 1.82) is 0 Å². The van der Waals surface area contributed by atoms with E-state index in [1.807, 2.05) is 0 Å². The average Bonchev–Trinajstić information content (AvgIpc) is 3.30. The molecule has 0 unspecified atom stereocenters. The molecule has 0 fully saturated rings. The average molecular weight is 907 g/mol. The van der Waals surface area contributed by atoms with Crippen LogP contribution in [0.5, 0.6) is 0 Å². The molecule has 6 heteroatoms. The predicted octanol–water partition coefficient (Wildman–Crippen LogP) is 18.2. The third-order valence-corrected chi connectivity index (χ3v) is 11.7. The van der Waals surface area contributed by atoms with Gasteiger partial charge in [-0.15, -0.1) is 0 Å². The first-order chi connectivity index (χ1) is 32.0. The standard InChI is InChI=1S/C59H102O6/c1-4-7-10-13-16-19-22-25-27-29-31-34-37-40-43-46-49-52-58(61)64-55-56(54-63-57(60)51-48-45-42-39-36-33-24-21-18-15-12-9-6-3)65-59(62)53-50-47-44-41-38-35-32-30-28-26-23-20-17-14-11-8-5-2/h16-17,19-20,25-28,31-32,34-35,56H,4-15,18,21-24,29-30,33,36-55H2,1-3H3/b19-16-,20-17-,27-25-,28-26-,34-31-,35-32-/t56-/m0/s1. The van der Waals surface area contributed by atoms with Gasteiger partial charge in [-0.05, 0) is 96.3 Å². The van der Waals surface area contributed by atoms with Crippen molar-refractivity contribution in [2.24, 2.45) is 0 Å². The van der Waals surface area contributed by atoms with Crippen molar-refractivity contribution in [2.45, 2.75) is 271 Å². The molecule has 374 valence electrons. The van der Waals surface area contributed by atoms with Crippen molar-refractivity contribution >= 4 is 17.9 Å². The summed E-state index contributed by atoms with van der Waals surface area (Å²) in [5.41, 5.74) is 0. The van der Waals surface area contributed by atoms with Crippen molar-refractivity contribution in [2.75, 3.05) is 13.2 Å². The molecule has 0 heterocycles. The number of allylic oxidation sites excluding steroid dienone is 12. The van der Waals surface area contributed by atoms with Gasteiger partial charge in [0.2, 0.25) is 0 Å². The molecule has 0 aliphatic rings. The molecule has 65 heavy (non-hydrogen) atoms. The van der Waals surface area contributed by atoms with Crippen molar-refractivity contribution in [1.82, 2.24) is 0 Å². The molecule has 0 aromatic heterocycles. The summed E-state index contributed by atoms with van der Waals surface area (Å²) >= 11 is 0. The lowest BCUT2D eigenvalue weighted by molar-refractivity contribution is -0.167. The van der Waals surface area contributed by atoms with E-state index in [-0.39, 0.29) is 31.1 Å². The van der Waals surface area contributed by atoms with Gasteiger partial charge in [0.05, 0.1) is 0 Å². The Morgan fingerprint density at radius 3 is 0.892 bits per heavy atom. The van der Waals surface area contributed by atoms with Gasteiger partial charge in [0, 0.05) is 19.3 Å². The highest BCUT2D eigenvalue weighted by atomic mass is 16.6. The number of ether oxygens (including phenoxy) is 3. The summed E-state index contributed by atoms with van der Waals surface area (Å²) in [5, 5.41) is 0. The van der Waals surface area contributed by atoms with Crippen LogP contribution in [0.4, 0.5) is 0 Å². The second kappa shape index (κ2) is 53.5. The molecule has 0 amide bonds. The predicted molar refractivity (Wildman–Crippen MR) is 279 cm³/mol. The highest BCUT2D eigenvalue weighted by Gasteiger charge is 2.19. The monoisotopic (exact) mass is 907 g/mol. The normalized spacial score (nSPS) is 12.6. The van der Waals surface area contributed by atoms with Crippen LogP contribution in [0.3, 0.4) is 0 Å². The first kappa shape index (κ1) is 61.9. The summed E-state index contributed by atoms with van der Waals surface area (Å²) in [4.78, 5) is 38.1. The van der Waals surface area contributed by atoms with Crippen LogP contribution in [0.2, 0.25) is 0 Å². The molecular weight excluding hydrogens is 805 g/mol. The summed E-state index contributed by atoms with van der Waals surface area (Å²) in [7, 11) is 0. The summed E-state index contributed by atoms with van der Waals surface area (Å²) in [6.45, 7) is 6.55. The zero-order chi connectivity index (χ0) is 47.2. The van der Waals surface area contributed by atoms with Gasteiger partial charge in [0.1, 0.15) is 13.2 Å². The topological polar surface area (TPSA) is 78.9 Å². The van der Waals surface area contributed by atoms with Gasteiger partial charge in [-0.2, -0.15) is 0 Å². The van der Waals surface area contributed by atoms with E-state index < -0.39 is 6.10 Å². The Bertz CT molecular complexity index is 1230. The van der Waals surface area contributed by atoms with Crippen molar-refractivity contribution in [3.05, 3.63) is 72.9 Å². The lowest BCUT2D eigenvalue weighted by atomic mass is 10.0. The Hall–Kier alpha value is -3.15. The third-order valence-electron chi connectivity index (χ3n) is 11.7. The highest BCUT2D eigenvalue weighted by molar-refractivity contribution is 5.71. The number of hydrogen-bond donors (Lipinski definition) is 0. The molecule has 0 spiro atoms. The molecular formula is C59H102O6. The minimum Gasteiger partial charge on any atom is -0.462 e. The van der Waals surface area contributed by atoms with E-state index in [2.05, 4.69) is 93.7 Å².